The van der Waals surface area contributed by atoms with Crippen LogP contribution in [0.25, 0.3) is 38.3 Å². The summed E-state index contributed by atoms with van der Waals surface area (Å²) < 4.78 is 2.43. The molecule has 318 valence electrons. The molecule has 0 saturated carbocycles. The molecule has 0 bridgehead atoms. The average Bonchev–Trinajstić information content (AvgIpc) is 3.68. The lowest BCUT2D eigenvalue weighted by Gasteiger charge is -2.27. The van der Waals surface area contributed by atoms with Crippen LogP contribution in [0.2, 0.25) is 0 Å². The van der Waals surface area contributed by atoms with Crippen LogP contribution in [0.4, 0.5) is 51.2 Å². The van der Waals surface area contributed by atoms with Gasteiger partial charge in [-0.3, -0.25) is 0 Å². The van der Waals surface area contributed by atoms with Crippen LogP contribution in [-0.2, 0) is 0 Å². The minimum Gasteiger partial charge on any atom is -0.310 e. The van der Waals surface area contributed by atoms with Gasteiger partial charge in [-0.15, -0.1) is 0 Å². The van der Waals surface area contributed by atoms with Gasteiger partial charge in [-0.05, 0) is 160 Å². The molecule has 0 radical (unpaired) electrons. The summed E-state index contributed by atoms with van der Waals surface area (Å²) in [5.41, 5.74) is 18.3. The van der Waals surface area contributed by atoms with Crippen LogP contribution in [0.3, 0.4) is 0 Å². The van der Waals surface area contributed by atoms with Gasteiger partial charge in [0.05, 0.1) is 16.7 Å². The minimum atomic E-state index is 1.09. The summed E-state index contributed by atoms with van der Waals surface area (Å²) >= 11 is 0. The van der Waals surface area contributed by atoms with Crippen molar-refractivity contribution in [2.45, 2.75) is 27.7 Å². The molecule has 0 spiro atoms. The number of fused-ring (bicyclic) bond motifs is 4. The minimum absolute atomic E-state index is 1.09. The van der Waals surface area contributed by atoms with Gasteiger partial charge in [0, 0.05) is 67.3 Å². The van der Waals surface area contributed by atoms with E-state index in [1.54, 1.807) is 0 Å². The predicted molar refractivity (Wildman–Crippen MR) is 281 cm³/mol. The molecule has 10 aromatic carbocycles. The largest absolute Gasteiger partial charge is 0.310 e. The number of aryl methyl sites for hydroxylation is 4. The highest BCUT2D eigenvalue weighted by Gasteiger charge is 2.21. The first-order valence-electron chi connectivity index (χ1n) is 22.7. The molecule has 11 aromatic rings. The van der Waals surface area contributed by atoms with Gasteiger partial charge in [0.25, 0.3) is 0 Å². The standard InChI is InChI=1S/C62H50N4/c1-43-17-25-49(26-18-43)63(50-27-19-44(2)20-28-50)55-37-39-61-58(41-55)59-42-56(64(51-29-21-45(3)22-30-51)52-31-23-46(4)24-32-52)38-40-62(59)66(61)54-35-33-53(34-36-54)65(48-13-6-5-7-14-48)60-16-10-12-47-11-8-9-15-57(47)60/h5-42H,1-4H3. The first kappa shape index (κ1) is 40.4. The Morgan fingerprint density at radius 3 is 1.11 bits per heavy atom. The van der Waals surface area contributed by atoms with Crippen molar-refractivity contribution in [2.24, 2.45) is 0 Å². The molecule has 0 amide bonds. The van der Waals surface area contributed by atoms with E-state index >= 15 is 0 Å². The van der Waals surface area contributed by atoms with Gasteiger partial charge in [-0.25, -0.2) is 0 Å². The van der Waals surface area contributed by atoms with Crippen molar-refractivity contribution >= 4 is 83.8 Å². The van der Waals surface area contributed by atoms with E-state index in [4.69, 9.17) is 0 Å². The molecule has 0 aliphatic heterocycles. The molecule has 0 N–H and O–H groups in total. The number of nitrogens with zero attached hydrogens (tertiary/aromatic N) is 4. The second-order valence-corrected chi connectivity index (χ2v) is 17.4. The Bertz CT molecular complexity index is 3230. The molecule has 66 heavy (non-hydrogen) atoms. The Balaban J connectivity index is 1.11. The summed E-state index contributed by atoms with van der Waals surface area (Å²) in [4.78, 5) is 7.11. The lowest BCUT2D eigenvalue weighted by atomic mass is 10.1. The number of hydrogen-bond donors (Lipinski definition) is 0. The first-order valence-corrected chi connectivity index (χ1v) is 22.7. The van der Waals surface area contributed by atoms with Crippen molar-refractivity contribution < 1.29 is 0 Å². The molecule has 4 heteroatoms. The highest BCUT2D eigenvalue weighted by atomic mass is 15.2. The van der Waals surface area contributed by atoms with E-state index in [0.29, 0.717) is 0 Å². The fourth-order valence-electron chi connectivity index (χ4n) is 9.38. The van der Waals surface area contributed by atoms with Crippen LogP contribution in [0.5, 0.6) is 0 Å². The Morgan fingerprint density at radius 1 is 0.273 bits per heavy atom. The second kappa shape index (κ2) is 17.0. The van der Waals surface area contributed by atoms with Crippen LogP contribution < -0.4 is 14.7 Å². The Hall–Kier alpha value is -8.34. The predicted octanol–water partition coefficient (Wildman–Crippen LogP) is 17.6. The maximum atomic E-state index is 2.43. The number of para-hydroxylation sites is 1. The van der Waals surface area contributed by atoms with Crippen molar-refractivity contribution in [3.63, 3.8) is 0 Å². The van der Waals surface area contributed by atoms with E-state index in [9.17, 15) is 0 Å². The van der Waals surface area contributed by atoms with Gasteiger partial charge in [0.1, 0.15) is 0 Å². The van der Waals surface area contributed by atoms with E-state index in [-0.39, 0.29) is 0 Å². The lowest BCUT2D eigenvalue weighted by Crippen LogP contribution is -2.10. The van der Waals surface area contributed by atoms with Crippen LogP contribution in [0, 0.1) is 27.7 Å². The molecule has 0 unspecified atom stereocenters. The number of aromatic nitrogens is 1. The van der Waals surface area contributed by atoms with E-state index < -0.39 is 0 Å². The molecule has 0 aliphatic carbocycles. The molecule has 11 rings (SSSR count). The highest BCUT2D eigenvalue weighted by Crippen LogP contribution is 2.44. The van der Waals surface area contributed by atoms with Gasteiger partial charge < -0.3 is 19.3 Å². The zero-order valence-electron chi connectivity index (χ0n) is 37.7. The number of anilines is 9. The van der Waals surface area contributed by atoms with Gasteiger partial charge in [0.2, 0.25) is 0 Å². The third-order valence-electron chi connectivity index (χ3n) is 12.8. The fraction of sp³-hybridized carbons (Fsp3) is 0.0645. The molecular formula is C62H50N4. The second-order valence-electron chi connectivity index (χ2n) is 17.4. The van der Waals surface area contributed by atoms with Crippen LogP contribution in [0.1, 0.15) is 22.3 Å². The molecule has 0 aliphatic rings. The number of rotatable bonds is 10. The van der Waals surface area contributed by atoms with Gasteiger partial charge in [0.15, 0.2) is 0 Å². The third kappa shape index (κ3) is 7.52. The van der Waals surface area contributed by atoms with Crippen molar-refractivity contribution in [2.75, 3.05) is 14.7 Å². The van der Waals surface area contributed by atoms with Gasteiger partial charge in [-0.1, -0.05) is 125 Å². The number of hydrogen-bond acceptors (Lipinski definition) is 3. The summed E-state index contributed by atoms with van der Waals surface area (Å²) in [6, 6.07) is 84.2. The van der Waals surface area contributed by atoms with Crippen LogP contribution >= 0.6 is 0 Å². The molecule has 1 heterocycles. The third-order valence-corrected chi connectivity index (χ3v) is 12.8. The zero-order chi connectivity index (χ0) is 44.7. The normalized spacial score (nSPS) is 11.3. The van der Waals surface area contributed by atoms with E-state index in [0.717, 1.165) is 67.9 Å². The first-order chi connectivity index (χ1) is 32.4. The molecular weight excluding hydrogens is 801 g/mol. The van der Waals surface area contributed by atoms with E-state index in [2.05, 4.69) is 277 Å². The lowest BCUT2D eigenvalue weighted by molar-refractivity contribution is 1.17. The molecule has 1 aromatic heterocycles. The summed E-state index contributed by atoms with van der Waals surface area (Å²) in [6.45, 7) is 8.57. The average molecular weight is 851 g/mol. The van der Waals surface area contributed by atoms with E-state index in [1.807, 2.05) is 0 Å². The molecule has 0 atom stereocenters. The van der Waals surface area contributed by atoms with E-state index in [1.165, 1.54) is 43.8 Å². The summed E-state index contributed by atoms with van der Waals surface area (Å²) in [5.74, 6) is 0. The monoisotopic (exact) mass is 850 g/mol. The number of benzene rings is 10. The topological polar surface area (TPSA) is 14.7 Å². The van der Waals surface area contributed by atoms with Gasteiger partial charge >= 0.3 is 0 Å². The fourth-order valence-corrected chi connectivity index (χ4v) is 9.38. The summed E-state index contributed by atoms with van der Waals surface area (Å²) in [7, 11) is 0. The zero-order valence-corrected chi connectivity index (χ0v) is 37.7. The van der Waals surface area contributed by atoms with Crippen molar-refractivity contribution in [3.05, 3.63) is 253 Å². The van der Waals surface area contributed by atoms with Crippen LogP contribution in [-0.4, -0.2) is 4.57 Å². The Labute approximate surface area is 387 Å². The smallest absolute Gasteiger partial charge is 0.0542 e. The van der Waals surface area contributed by atoms with Crippen molar-refractivity contribution in [3.8, 4) is 5.69 Å². The molecule has 4 nitrogen and oxygen atoms in total. The Kier molecular flexibility index (Phi) is 10.4. The summed E-state index contributed by atoms with van der Waals surface area (Å²) in [5, 5.41) is 4.76. The highest BCUT2D eigenvalue weighted by molar-refractivity contribution is 6.12. The molecule has 0 fully saturated rings. The van der Waals surface area contributed by atoms with Crippen molar-refractivity contribution in [1.82, 2.24) is 4.57 Å². The molecule has 0 saturated heterocycles. The van der Waals surface area contributed by atoms with Crippen LogP contribution in [0.15, 0.2) is 231 Å². The maximum Gasteiger partial charge on any atom is 0.0542 e. The van der Waals surface area contributed by atoms with Gasteiger partial charge in [-0.2, -0.15) is 0 Å². The SMILES string of the molecule is Cc1ccc(N(c2ccc(C)cc2)c2ccc3c(c2)c2cc(N(c4ccc(C)cc4)c4ccc(C)cc4)ccc2n3-c2ccc(N(c3ccccc3)c3cccc4ccccc34)cc2)cc1. The van der Waals surface area contributed by atoms with Crippen molar-refractivity contribution in [1.29, 1.82) is 0 Å². The maximum absolute atomic E-state index is 2.43. The summed E-state index contributed by atoms with van der Waals surface area (Å²) in [6.07, 6.45) is 0. The quantitative estimate of drug-likeness (QED) is 0.136. The Morgan fingerprint density at radius 2 is 0.636 bits per heavy atom.